The van der Waals surface area contributed by atoms with Gasteiger partial charge in [0.15, 0.2) is 6.61 Å². The van der Waals surface area contributed by atoms with Gasteiger partial charge in [-0.25, -0.2) is 18.4 Å². The molecule has 27 heavy (non-hydrogen) atoms. The van der Waals surface area contributed by atoms with E-state index in [1.165, 1.54) is 26.4 Å². The third-order valence-corrected chi connectivity index (χ3v) is 4.22. The van der Waals surface area contributed by atoms with Crippen LogP contribution in [0.1, 0.15) is 10.6 Å². The molecule has 12 heteroatoms. The van der Waals surface area contributed by atoms with Crippen molar-refractivity contribution in [2.24, 2.45) is 5.14 Å². The van der Waals surface area contributed by atoms with Crippen molar-refractivity contribution in [1.82, 2.24) is 0 Å². The van der Waals surface area contributed by atoms with Gasteiger partial charge in [0.2, 0.25) is 10.9 Å². The van der Waals surface area contributed by atoms with Crippen LogP contribution in [0.25, 0.3) is 0 Å². The summed E-state index contributed by atoms with van der Waals surface area (Å²) in [6.45, 7) is -0.670. The van der Waals surface area contributed by atoms with Crippen LogP contribution in [0.15, 0.2) is 33.8 Å². The van der Waals surface area contributed by atoms with Gasteiger partial charge in [-0.05, 0) is 18.2 Å². The van der Waals surface area contributed by atoms with Gasteiger partial charge in [0, 0.05) is 6.07 Å². The average Bonchev–Trinajstić information content (AvgIpc) is 3.10. The van der Waals surface area contributed by atoms with Gasteiger partial charge in [0.25, 0.3) is 15.9 Å². The Labute approximate surface area is 159 Å². The number of hydrogen-bond donors (Lipinski definition) is 2. The van der Waals surface area contributed by atoms with E-state index in [1.807, 2.05) is 0 Å². The molecule has 0 atom stereocenters. The summed E-state index contributed by atoms with van der Waals surface area (Å²) in [5, 5.41) is 6.96. The molecule has 2 aromatic rings. The zero-order valence-electron chi connectivity index (χ0n) is 14.1. The molecule has 0 saturated heterocycles. The molecule has 0 unspecified atom stereocenters. The number of nitrogens with two attached hydrogens (primary N) is 1. The van der Waals surface area contributed by atoms with Crippen molar-refractivity contribution in [3.8, 4) is 11.5 Å². The van der Waals surface area contributed by atoms with Gasteiger partial charge in [-0.15, -0.1) is 0 Å². The Bertz CT molecular complexity index is 970. The Balaban J connectivity index is 2.01. The van der Waals surface area contributed by atoms with Gasteiger partial charge in [0.05, 0.1) is 24.9 Å². The van der Waals surface area contributed by atoms with Crippen molar-refractivity contribution in [2.75, 3.05) is 26.1 Å². The summed E-state index contributed by atoms with van der Waals surface area (Å²) in [6, 6.07) is 4.94. The molecule has 10 nitrogen and oxygen atoms in total. The molecule has 0 spiro atoms. The number of ether oxygens (including phenoxy) is 3. The van der Waals surface area contributed by atoms with Crippen LogP contribution in [0.2, 0.25) is 5.02 Å². The number of amides is 1. The number of rotatable bonds is 7. The lowest BCUT2D eigenvalue weighted by molar-refractivity contribution is -0.119. The van der Waals surface area contributed by atoms with Crippen molar-refractivity contribution >= 4 is 39.2 Å². The molecule has 1 heterocycles. The normalized spacial score (nSPS) is 11.0. The van der Waals surface area contributed by atoms with Gasteiger partial charge in [-0.3, -0.25) is 4.79 Å². The Hall–Kier alpha value is -2.76. The van der Waals surface area contributed by atoms with Crippen LogP contribution in [-0.4, -0.2) is 41.1 Å². The predicted octanol–water partition coefficient (Wildman–Crippen LogP) is 1.39. The van der Waals surface area contributed by atoms with E-state index in [9.17, 15) is 18.0 Å². The second kappa shape index (κ2) is 8.29. The highest BCUT2D eigenvalue weighted by molar-refractivity contribution is 7.89. The quantitative estimate of drug-likeness (QED) is 0.641. The number of carbonyl (C=O) groups is 2. The predicted molar refractivity (Wildman–Crippen MR) is 93.5 cm³/mol. The van der Waals surface area contributed by atoms with Crippen molar-refractivity contribution in [2.45, 2.75) is 5.09 Å². The van der Waals surface area contributed by atoms with Crippen LogP contribution in [0, 0.1) is 0 Å². The summed E-state index contributed by atoms with van der Waals surface area (Å²) in [4.78, 5) is 23.8. The maximum atomic E-state index is 12.0. The second-order valence-electron chi connectivity index (χ2n) is 4.98. The monoisotopic (exact) mass is 418 g/mol. The van der Waals surface area contributed by atoms with Gasteiger partial charge in [0.1, 0.15) is 11.5 Å². The summed E-state index contributed by atoms with van der Waals surface area (Å²) >= 11 is 6.00. The molecule has 1 aromatic heterocycles. The Morgan fingerprint density at radius 2 is 1.85 bits per heavy atom. The number of carbonyl (C=O) groups excluding carboxylic acids is 2. The molecule has 3 N–H and O–H groups in total. The number of sulfonamides is 1. The maximum absolute atomic E-state index is 12.0. The van der Waals surface area contributed by atoms with E-state index >= 15 is 0 Å². The standard InChI is InChI=1S/C15H15ClN2O8S/c1-23-11-6-12(24-2)9(5-8(11)16)18-13(19)7-25-15(20)10-3-4-14(26-10)27(17,21)22/h3-6H,7H2,1-2H3,(H,18,19)(H2,17,21,22). The van der Waals surface area contributed by atoms with E-state index in [0.29, 0.717) is 5.75 Å². The van der Waals surface area contributed by atoms with Crippen LogP contribution >= 0.6 is 11.6 Å². The van der Waals surface area contributed by atoms with Crippen LogP contribution in [0.5, 0.6) is 11.5 Å². The van der Waals surface area contributed by atoms with Crippen LogP contribution < -0.4 is 19.9 Å². The summed E-state index contributed by atoms with van der Waals surface area (Å²) in [5.74, 6) is -1.53. The number of halogens is 1. The van der Waals surface area contributed by atoms with E-state index < -0.39 is 39.4 Å². The van der Waals surface area contributed by atoms with Crippen molar-refractivity contribution < 1.29 is 36.6 Å². The van der Waals surface area contributed by atoms with Crippen LogP contribution in [0.3, 0.4) is 0 Å². The number of primary sulfonamides is 1. The summed E-state index contributed by atoms with van der Waals surface area (Å²) in [6.07, 6.45) is 0. The molecule has 1 amide bonds. The molecule has 0 aliphatic carbocycles. The first-order valence-electron chi connectivity index (χ1n) is 7.17. The largest absolute Gasteiger partial charge is 0.495 e. The SMILES string of the molecule is COc1cc(OC)c(NC(=O)COC(=O)c2ccc(S(N)(=O)=O)o2)cc1Cl. The number of nitrogens with one attached hydrogen (secondary N) is 1. The maximum Gasteiger partial charge on any atom is 0.374 e. The highest BCUT2D eigenvalue weighted by atomic mass is 35.5. The highest BCUT2D eigenvalue weighted by Crippen LogP contribution is 2.35. The van der Waals surface area contributed by atoms with E-state index in [2.05, 4.69) is 5.32 Å². The molecular weight excluding hydrogens is 404 g/mol. The molecule has 0 bridgehead atoms. The van der Waals surface area contributed by atoms with Crippen LogP contribution in [0.4, 0.5) is 5.69 Å². The van der Waals surface area contributed by atoms with E-state index in [1.54, 1.807) is 0 Å². The zero-order chi connectivity index (χ0) is 20.2. The number of esters is 1. The topological polar surface area (TPSA) is 147 Å². The van der Waals surface area contributed by atoms with Crippen molar-refractivity contribution in [3.05, 3.63) is 35.0 Å². The van der Waals surface area contributed by atoms with Crippen LogP contribution in [-0.2, 0) is 19.6 Å². The fourth-order valence-corrected chi connectivity index (χ4v) is 2.63. The fourth-order valence-electron chi connectivity index (χ4n) is 1.93. The Morgan fingerprint density at radius 3 is 2.41 bits per heavy atom. The highest BCUT2D eigenvalue weighted by Gasteiger charge is 2.20. The van der Waals surface area contributed by atoms with Gasteiger partial charge < -0.3 is 23.9 Å². The number of hydrogen-bond acceptors (Lipinski definition) is 8. The Morgan fingerprint density at radius 1 is 1.19 bits per heavy atom. The van der Waals surface area contributed by atoms with E-state index in [-0.39, 0.29) is 16.5 Å². The average molecular weight is 419 g/mol. The van der Waals surface area contributed by atoms with E-state index in [4.69, 9.17) is 35.4 Å². The fraction of sp³-hybridized carbons (Fsp3) is 0.200. The first-order valence-corrected chi connectivity index (χ1v) is 9.09. The second-order valence-corrected chi connectivity index (χ2v) is 6.87. The number of methoxy groups -OCH3 is 2. The molecule has 0 radical (unpaired) electrons. The minimum Gasteiger partial charge on any atom is -0.495 e. The van der Waals surface area contributed by atoms with Gasteiger partial charge in [-0.2, -0.15) is 0 Å². The summed E-state index contributed by atoms with van der Waals surface area (Å²) in [5.41, 5.74) is 0.235. The van der Waals surface area contributed by atoms with Crippen molar-refractivity contribution in [1.29, 1.82) is 0 Å². The number of furan rings is 1. The lowest BCUT2D eigenvalue weighted by Gasteiger charge is -2.13. The number of benzene rings is 1. The molecule has 2 rings (SSSR count). The summed E-state index contributed by atoms with van der Waals surface area (Å²) < 4.78 is 41.9. The van der Waals surface area contributed by atoms with Gasteiger partial charge in [-0.1, -0.05) is 11.6 Å². The minimum atomic E-state index is -4.10. The minimum absolute atomic E-state index is 0.233. The van der Waals surface area contributed by atoms with Crippen molar-refractivity contribution in [3.63, 3.8) is 0 Å². The first-order chi connectivity index (χ1) is 12.7. The van der Waals surface area contributed by atoms with Gasteiger partial charge >= 0.3 is 5.97 Å². The zero-order valence-corrected chi connectivity index (χ0v) is 15.7. The Kier molecular flexibility index (Phi) is 6.31. The first kappa shape index (κ1) is 20.6. The third-order valence-electron chi connectivity index (χ3n) is 3.15. The molecular formula is C15H15ClN2O8S. The molecule has 0 fully saturated rings. The summed E-state index contributed by atoms with van der Waals surface area (Å²) in [7, 11) is -1.28. The third kappa shape index (κ3) is 5.12. The lowest BCUT2D eigenvalue weighted by Crippen LogP contribution is -2.21. The molecule has 146 valence electrons. The van der Waals surface area contributed by atoms with E-state index in [0.717, 1.165) is 12.1 Å². The molecule has 0 aliphatic rings. The lowest BCUT2D eigenvalue weighted by atomic mass is 10.2. The smallest absolute Gasteiger partial charge is 0.374 e. The molecule has 1 aromatic carbocycles. The number of anilines is 1. The molecule has 0 aliphatic heterocycles. The molecule has 0 saturated carbocycles.